The minimum Gasteiger partial charge on any atom is -0.507 e. The van der Waals surface area contributed by atoms with Gasteiger partial charge in [0.1, 0.15) is 11.5 Å². The highest BCUT2D eigenvalue weighted by Gasteiger charge is 2.34. The Morgan fingerprint density at radius 3 is 2.23 bits per heavy atom. The molecule has 1 unspecified atom stereocenters. The van der Waals surface area contributed by atoms with Gasteiger partial charge >= 0.3 is 0 Å². The van der Waals surface area contributed by atoms with E-state index in [1.807, 2.05) is 18.2 Å². The summed E-state index contributed by atoms with van der Waals surface area (Å²) in [6.45, 7) is 0. The third-order valence-corrected chi connectivity index (χ3v) is 7.02. The number of benzene rings is 4. The lowest BCUT2D eigenvalue weighted by Crippen LogP contribution is -2.31. The van der Waals surface area contributed by atoms with Gasteiger partial charge in [-0.1, -0.05) is 48.5 Å². The number of fused-ring (bicyclic) bond motifs is 1. The van der Waals surface area contributed by atoms with Crippen molar-refractivity contribution in [2.24, 2.45) is 5.10 Å². The summed E-state index contributed by atoms with van der Waals surface area (Å²) in [7, 11) is 6.25. The molecule has 0 amide bonds. The molecule has 0 radical (unpaired) electrons. The van der Waals surface area contributed by atoms with Crippen LogP contribution in [0.4, 0.5) is 5.69 Å². The molecule has 200 valence electrons. The van der Waals surface area contributed by atoms with Gasteiger partial charge in [-0.25, -0.2) is 5.01 Å². The maximum atomic E-state index is 10.8. The smallest absolute Gasteiger partial charge is 0.203 e. The molecule has 0 aromatic heterocycles. The molecule has 1 aliphatic rings. The van der Waals surface area contributed by atoms with Crippen LogP contribution >= 0.6 is 12.2 Å². The topological polar surface area (TPSA) is 84.8 Å². The second-order valence-corrected chi connectivity index (χ2v) is 9.26. The Morgan fingerprint density at radius 2 is 1.54 bits per heavy atom. The number of nitrogens with one attached hydrogen (secondary N) is 1. The van der Waals surface area contributed by atoms with E-state index in [1.165, 1.54) is 0 Å². The van der Waals surface area contributed by atoms with E-state index in [1.54, 1.807) is 63.8 Å². The molecule has 2 N–H and O–H groups in total. The number of hydrogen-bond acceptors (Lipinski definition) is 7. The summed E-state index contributed by atoms with van der Waals surface area (Å²) in [6, 6.07) is 22.9. The zero-order valence-corrected chi connectivity index (χ0v) is 22.9. The van der Waals surface area contributed by atoms with Crippen molar-refractivity contribution in [3.8, 4) is 28.7 Å². The van der Waals surface area contributed by atoms with Gasteiger partial charge < -0.3 is 29.4 Å². The molecule has 4 aromatic carbocycles. The number of methoxy groups -OCH3 is 4. The number of anilines is 1. The van der Waals surface area contributed by atoms with E-state index in [0.29, 0.717) is 51.5 Å². The van der Waals surface area contributed by atoms with Crippen LogP contribution in [0.15, 0.2) is 77.9 Å². The summed E-state index contributed by atoms with van der Waals surface area (Å²) < 4.78 is 22.0. The number of phenolic OH excluding ortho intramolecular Hbond substituents is 1. The number of phenols is 1. The molecule has 1 heterocycles. The largest absolute Gasteiger partial charge is 0.507 e. The second kappa shape index (κ2) is 11.1. The first-order chi connectivity index (χ1) is 19.0. The quantitative estimate of drug-likeness (QED) is 0.270. The van der Waals surface area contributed by atoms with Crippen molar-refractivity contribution in [3.05, 3.63) is 83.9 Å². The van der Waals surface area contributed by atoms with E-state index in [2.05, 4.69) is 29.6 Å². The molecule has 1 atom stereocenters. The third kappa shape index (κ3) is 4.88. The third-order valence-electron chi connectivity index (χ3n) is 6.73. The number of hydrazone groups is 1. The van der Waals surface area contributed by atoms with Crippen LogP contribution in [0.2, 0.25) is 0 Å². The minimum atomic E-state index is -0.238. The molecular formula is C30H29N3O5S. The van der Waals surface area contributed by atoms with E-state index < -0.39 is 0 Å². The van der Waals surface area contributed by atoms with Gasteiger partial charge in [0.15, 0.2) is 16.6 Å². The lowest BCUT2D eigenvalue weighted by atomic mass is 9.93. The first-order valence-corrected chi connectivity index (χ1v) is 12.7. The van der Waals surface area contributed by atoms with Crippen molar-refractivity contribution in [3.63, 3.8) is 0 Å². The summed E-state index contributed by atoms with van der Waals surface area (Å²) in [5.74, 6) is 2.11. The highest BCUT2D eigenvalue weighted by molar-refractivity contribution is 7.80. The molecule has 0 saturated heterocycles. The highest BCUT2D eigenvalue weighted by atomic mass is 32.1. The van der Waals surface area contributed by atoms with E-state index in [9.17, 15) is 5.11 Å². The zero-order chi connectivity index (χ0) is 27.5. The van der Waals surface area contributed by atoms with Gasteiger partial charge in [0.25, 0.3) is 0 Å². The van der Waals surface area contributed by atoms with Crippen LogP contribution in [0.1, 0.15) is 23.6 Å². The maximum absolute atomic E-state index is 10.8. The van der Waals surface area contributed by atoms with Crippen LogP contribution in [0.3, 0.4) is 0 Å². The fourth-order valence-electron chi connectivity index (χ4n) is 4.95. The molecule has 0 bridgehead atoms. The number of nitrogens with zero attached hydrogens (tertiary/aromatic N) is 2. The monoisotopic (exact) mass is 543 g/mol. The standard InChI is InChI=1S/C30H29N3O5S/c1-35-25-14-8-13-24(34)28(25)22-17-23(21-12-7-10-18-9-5-6-11-20(18)21)33(32-22)30(39)31-19-15-26(36-2)29(38-4)27(16-19)37-3/h5-16,23,34H,17H2,1-4H3,(H,31,39). The first-order valence-electron chi connectivity index (χ1n) is 12.3. The molecule has 5 rings (SSSR count). The average Bonchev–Trinajstić information content (AvgIpc) is 3.41. The summed E-state index contributed by atoms with van der Waals surface area (Å²) in [5, 5.41) is 23.4. The summed E-state index contributed by atoms with van der Waals surface area (Å²) in [6.07, 6.45) is 0.499. The number of ether oxygens (including phenoxy) is 4. The predicted molar refractivity (Wildman–Crippen MR) is 157 cm³/mol. The van der Waals surface area contributed by atoms with Crippen molar-refractivity contribution in [2.45, 2.75) is 12.5 Å². The normalized spacial score (nSPS) is 14.6. The van der Waals surface area contributed by atoms with Crippen molar-refractivity contribution in [1.29, 1.82) is 0 Å². The van der Waals surface area contributed by atoms with E-state index in [-0.39, 0.29) is 11.8 Å². The molecule has 4 aromatic rings. The Balaban J connectivity index is 1.59. The van der Waals surface area contributed by atoms with Gasteiger partial charge in [-0.15, -0.1) is 0 Å². The molecule has 0 fully saturated rings. The second-order valence-electron chi connectivity index (χ2n) is 8.88. The van der Waals surface area contributed by atoms with Crippen LogP contribution in [0, 0.1) is 0 Å². The van der Waals surface area contributed by atoms with Gasteiger partial charge in [0.05, 0.1) is 45.8 Å². The molecule has 0 aliphatic carbocycles. The van der Waals surface area contributed by atoms with Gasteiger partial charge in [0.2, 0.25) is 5.75 Å². The SMILES string of the molecule is COc1cc(NC(=S)N2N=C(c3c(O)cccc3OC)CC2c2cccc3ccccc23)cc(OC)c1OC. The minimum absolute atomic E-state index is 0.0927. The lowest BCUT2D eigenvalue weighted by Gasteiger charge is -2.26. The van der Waals surface area contributed by atoms with Gasteiger partial charge in [-0.05, 0) is 40.7 Å². The Bertz CT molecular complexity index is 1540. The molecular weight excluding hydrogens is 514 g/mol. The Morgan fingerprint density at radius 1 is 0.872 bits per heavy atom. The van der Waals surface area contributed by atoms with E-state index in [0.717, 1.165) is 16.3 Å². The molecule has 9 heteroatoms. The van der Waals surface area contributed by atoms with Gasteiger partial charge in [-0.3, -0.25) is 0 Å². The van der Waals surface area contributed by atoms with Gasteiger partial charge in [-0.2, -0.15) is 5.10 Å². The van der Waals surface area contributed by atoms with Crippen molar-refractivity contribution < 1.29 is 24.1 Å². The Hall–Kier alpha value is -4.50. The van der Waals surface area contributed by atoms with Crippen LogP contribution in [0.25, 0.3) is 10.8 Å². The van der Waals surface area contributed by atoms with Crippen LogP contribution < -0.4 is 24.3 Å². The highest BCUT2D eigenvalue weighted by Crippen LogP contribution is 2.42. The Labute approximate surface area is 232 Å². The molecule has 39 heavy (non-hydrogen) atoms. The maximum Gasteiger partial charge on any atom is 0.203 e. The predicted octanol–water partition coefficient (Wildman–Crippen LogP) is 6.13. The summed E-state index contributed by atoms with van der Waals surface area (Å²) >= 11 is 5.91. The summed E-state index contributed by atoms with van der Waals surface area (Å²) in [4.78, 5) is 0. The molecule has 8 nitrogen and oxygen atoms in total. The fraction of sp³-hybridized carbons (Fsp3) is 0.200. The lowest BCUT2D eigenvalue weighted by molar-refractivity contribution is 0.324. The van der Waals surface area contributed by atoms with Gasteiger partial charge in [0, 0.05) is 24.2 Å². The van der Waals surface area contributed by atoms with Crippen LogP contribution in [-0.2, 0) is 0 Å². The number of aromatic hydroxyl groups is 1. The molecule has 0 spiro atoms. The Kier molecular flexibility index (Phi) is 7.42. The molecule has 0 saturated carbocycles. The van der Waals surface area contributed by atoms with Crippen molar-refractivity contribution >= 4 is 39.5 Å². The first kappa shape index (κ1) is 26.1. The fourth-order valence-corrected chi connectivity index (χ4v) is 5.23. The zero-order valence-electron chi connectivity index (χ0n) is 22.1. The van der Waals surface area contributed by atoms with Crippen molar-refractivity contribution in [1.82, 2.24) is 5.01 Å². The van der Waals surface area contributed by atoms with Crippen LogP contribution in [0.5, 0.6) is 28.7 Å². The average molecular weight is 544 g/mol. The van der Waals surface area contributed by atoms with Crippen LogP contribution in [-0.4, -0.2) is 49.4 Å². The molecule has 1 aliphatic heterocycles. The van der Waals surface area contributed by atoms with E-state index >= 15 is 0 Å². The number of hydrogen-bond donors (Lipinski definition) is 2. The summed E-state index contributed by atoms with van der Waals surface area (Å²) in [5.41, 5.74) is 2.92. The van der Waals surface area contributed by atoms with E-state index in [4.69, 9.17) is 36.3 Å². The number of thiocarbonyl (C=S) groups is 1. The number of rotatable bonds is 7. The van der Waals surface area contributed by atoms with Crippen molar-refractivity contribution in [2.75, 3.05) is 33.8 Å².